The molecule has 0 aliphatic carbocycles. The minimum atomic E-state index is -0.365. The van der Waals surface area contributed by atoms with E-state index in [-0.39, 0.29) is 17.3 Å². The molecule has 2 aromatic heterocycles. The number of hydrogen-bond donors (Lipinski definition) is 4. The Balaban J connectivity index is 1.95. The number of amides is 1. The number of nitrogens with zero attached hydrogens (tertiary/aromatic N) is 1. The number of fused-ring (bicyclic) bond motifs is 1. The lowest BCUT2D eigenvalue weighted by Crippen LogP contribution is -2.12. The highest BCUT2D eigenvalue weighted by Gasteiger charge is 2.13. The van der Waals surface area contributed by atoms with E-state index in [0.29, 0.717) is 26.3 Å². The SMILES string of the molecule is Nc1nc(C(=O)Nc2cc3[nH]c(=O)[nH]c3cc2Br)cs1. The smallest absolute Gasteiger partial charge is 0.323 e. The van der Waals surface area contributed by atoms with Gasteiger partial charge in [-0.2, -0.15) is 0 Å². The van der Waals surface area contributed by atoms with Crippen LogP contribution in [0.1, 0.15) is 10.5 Å². The normalized spacial score (nSPS) is 10.8. The van der Waals surface area contributed by atoms with Crippen LogP contribution in [0.3, 0.4) is 0 Å². The maximum atomic E-state index is 12.0. The fourth-order valence-electron chi connectivity index (χ4n) is 1.73. The molecule has 0 radical (unpaired) electrons. The van der Waals surface area contributed by atoms with Crippen molar-refractivity contribution in [3.8, 4) is 0 Å². The molecule has 0 fully saturated rings. The van der Waals surface area contributed by atoms with Crippen LogP contribution in [0.5, 0.6) is 0 Å². The molecule has 1 aromatic carbocycles. The maximum Gasteiger partial charge on any atom is 0.323 e. The number of imidazole rings is 1. The van der Waals surface area contributed by atoms with Crippen molar-refractivity contribution in [2.45, 2.75) is 0 Å². The Hall–Kier alpha value is -2.13. The summed E-state index contributed by atoms with van der Waals surface area (Å²) in [4.78, 5) is 32.4. The zero-order valence-corrected chi connectivity index (χ0v) is 12.3. The van der Waals surface area contributed by atoms with Gasteiger partial charge in [0.2, 0.25) is 0 Å². The second kappa shape index (κ2) is 4.76. The number of halogens is 1. The Labute approximate surface area is 124 Å². The van der Waals surface area contributed by atoms with Gasteiger partial charge in [0.15, 0.2) is 5.13 Å². The molecule has 0 spiro atoms. The lowest BCUT2D eigenvalue weighted by Gasteiger charge is -2.06. The van der Waals surface area contributed by atoms with Gasteiger partial charge in [0, 0.05) is 9.85 Å². The lowest BCUT2D eigenvalue weighted by molar-refractivity contribution is 0.102. The van der Waals surface area contributed by atoms with Gasteiger partial charge in [-0.05, 0) is 28.1 Å². The number of thiazole rings is 1. The third kappa shape index (κ3) is 2.32. The van der Waals surface area contributed by atoms with Gasteiger partial charge in [0.25, 0.3) is 5.91 Å². The van der Waals surface area contributed by atoms with Crippen molar-refractivity contribution in [1.29, 1.82) is 0 Å². The van der Waals surface area contributed by atoms with Gasteiger partial charge in [-0.3, -0.25) is 4.79 Å². The Morgan fingerprint density at radius 2 is 2.05 bits per heavy atom. The number of nitrogens with two attached hydrogens (primary N) is 1. The first-order valence-corrected chi connectivity index (χ1v) is 7.14. The molecule has 0 unspecified atom stereocenters. The summed E-state index contributed by atoms with van der Waals surface area (Å²) in [6.45, 7) is 0. The average molecular weight is 354 g/mol. The monoisotopic (exact) mass is 353 g/mol. The van der Waals surface area contributed by atoms with E-state index in [1.54, 1.807) is 17.5 Å². The van der Waals surface area contributed by atoms with Crippen molar-refractivity contribution in [3.63, 3.8) is 0 Å². The van der Waals surface area contributed by atoms with E-state index >= 15 is 0 Å². The van der Waals surface area contributed by atoms with Crippen molar-refractivity contribution >= 4 is 55.0 Å². The molecule has 20 heavy (non-hydrogen) atoms. The molecular weight excluding hydrogens is 346 g/mol. The van der Waals surface area contributed by atoms with Crippen molar-refractivity contribution < 1.29 is 4.79 Å². The van der Waals surface area contributed by atoms with E-state index in [1.165, 1.54) is 11.3 Å². The van der Waals surface area contributed by atoms with Crippen molar-refractivity contribution in [1.82, 2.24) is 15.0 Å². The van der Waals surface area contributed by atoms with E-state index in [9.17, 15) is 9.59 Å². The highest BCUT2D eigenvalue weighted by molar-refractivity contribution is 9.10. The number of H-pyrrole nitrogens is 2. The number of benzene rings is 1. The third-order valence-electron chi connectivity index (χ3n) is 2.61. The molecule has 2 heterocycles. The minimum absolute atomic E-state index is 0.252. The van der Waals surface area contributed by atoms with E-state index in [4.69, 9.17) is 5.73 Å². The van der Waals surface area contributed by atoms with Crippen LogP contribution in [0.25, 0.3) is 11.0 Å². The second-order valence-corrected chi connectivity index (χ2v) is 5.73. The molecular formula is C11H8BrN5O2S. The fraction of sp³-hybridized carbons (Fsp3) is 0. The van der Waals surface area contributed by atoms with Crippen molar-refractivity contribution in [3.05, 3.63) is 38.2 Å². The van der Waals surface area contributed by atoms with Crippen LogP contribution in [0, 0.1) is 0 Å². The summed E-state index contributed by atoms with van der Waals surface area (Å²) in [6.07, 6.45) is 0. The summed E-state index contributed by atoms with van der Waals surface area (Å²) in [5.74, 6) is -0.365. The standard InChI is InChI=1S/C11H8BrN5O2S/c12-4-1-6-7(17-11(19)16-6)2-5(4)14-9(18)8-3-20-10(13)15-8/h1-3H,(H2,13,15)(H,14,18)(H2,16,17,19). The Kier molecular flexibility index (Phi) is 3.07. The predicted octanol–water partition coefficient (Wildman–Crippen LogP) is 1.91. The van der Waals surface area contributed by atoms with E-state index in [0.717, 1.165) is 0 Å². The summed E-state index contributed by atoms with van der Waals surface area (Å²) in [5.41, 5.74) is 7.23. The Morgan fingerprint density at radius 1 is 1.35 bits per heavy atom. The molecule has 0 atom stereocenters. The van der Waals surface area contributed by atoms with Gasteiger partial charge in [-0.1, -0.05) is 0 Å². The fourth-order valence-corrected chi connectivity index (χ4v) is 2.72. The van der Waals surface area contributed by atoms with Gasteiger partial charge in [-0.25, -0.2) is 9.78 Å². The van der Waals surface area contributed by atoms with Crippen LogP contribution in [-0.4, -0.2) is 20.9 Å². The van der Waals surface area contributed by atoms with E-state index in [2.05, 4.69) is 36.2 Å². The van der Waals surface area contributed by atoms with Crippen LogP contribution >= 0.6 is 27.3 Å². The zero-order valence-electron chi connectivity index (χ0n) is 9.86. The Bertz CT molecular complexity index is 865. The number of aromatic nitrogens is 3. The number of nitrogen functional groups attached to an aromatic ring is 1. The van der Waals surface area contributed by atoms with Crippen molar-refractivity contribution in [2.24, 2.45) is 0 Å². The minimum Gasteiger partial charge on any atom is -0.375 e. The highest BCUT2D eigenvalue weighted by atomic mass is 79.9. The predicted molar refractivity (Wildman–Crippen MR) is 81.1 cm³/mol. The molecule has 7 nitrogen and oxygen atoms in total. The first-order chi connectivity index (χ1) is 9.52. The summed E-state index contributed by atoms with van der Waals surface area (Å²) < 4.78 is 0.650. The third-order valence-corrected chi connectivity index (χ3v) is 3.94. The van der Waals surface area contributed by atoms with Gasteiger partial charge >= 0.3 is 5.69 Å². The van der Waals surface area contributed by atoms with E-state index < -0.39 is 0 Å². The van der Waals surface area contributed by atoms with Crippen LogP contribution in [0.4, 0.5) is 10.8 Å². The maximum absolute atomic E-state index is 12.0. The molecule has 3 aromatic rings. The second-order valence-electron chi connectivity index (χ2n) is 3.98. The van der Waals surface area contributed by atoms with Gasteiger partial charge < -0.3 is 21.0 Å². The first kappa shape index (κ1) is 12.9. The molecule has 102 valence electrons. The number of hydrogen-bond acceptors (Lipinski definition) is 5. The van der Waals surface area contributed by atoms with E-state index in [1.807, 2.05) is 0 Å². The molecule has 0 saturated carbocycles. The molecule has 9 heteroatoms. The highest BCUT2D eigenvalue weighted by Crippen LogP contribution is 2.27. The largest absolute Gasteiger partial charge is 0.375 e. The van der Waals surface area contributed by atoms with Crippen molar-refractivity contribution in [2.75, 3.05) is 11.1 Å². The molecule has 5 N–H and O–H groups in total. The summed E-state index contributed by atoms with van der Waals surface area (Å²) in [7, 11) is 0. The average Bonchev–Trinajstić information content (AvgIpc) is 2.95. The number of rotatable bonds is 2. The number of carbonyl (C=O) groups is 1. The summed E-state index contributed by atoms with van der Waals surface area (Å²) in [6, 6.07) is 3.36. The first-order valence-electron chi connectivity index (χ1n) is 5.47. The zero-order chi connectivity index (χ0) is 14.3. The molecule has 0 saturated heterocycles. The molecule has 0 aliphatic rings. The number of nitrogens with one attached hydrogen (secondary N) is 3. The van der Waals surface area contributed by atoms with Crippen LogP contribution in [-0.2, 0) is 0 Å². The van der Waals surface area contributed by atoms with Gasteiger partial charge in [0.1, 0.15) is 5.69 Å². The van der Waals surface area contributed by atoms with Crippen LogP contribution in [0.2, 0.25) is 0 Å². The quantitative estimate of drug-likeness (QED) is 0.562. The van der Waals surface area contributed by atoms with Crippen LogP contribution < -0.4 is 16.7 Å². The summed E-state index contributed by atoms with van der Waals surface area (Å²) in [5, 5.41) is 4.62. The number of carbonyl (C=O) groups excluding carboxylic acids is 1. The van der Waals surface area contributed by atoms with Gasteiger partial charge in [0.05, 0.1) is 16.7 Å². The molecule has 0 bridgehead atoms. The Morgan fingerprint density at radius 3 is 2.70 bits per heavy atom. The summed E-state index contributed by atoms with van der Waals surface area (Å²) >= 11 is 4.53. The molecule has 1 amide bonds. The van der Waals surface area contributed by atoms with Crippen LogP contribution in [0.15, 0.2) is 26.8 Å². The molecule has 3 rings (SSSR count). The number of aromatic amines is 2. The van der Waals surface area contributed by atoms with Gasteiger partial charge in [-0.15, -0.1) is 11.3 Å². The lowest BCUT2D eigenvalue weighted by atomic mass is 10.2. The number of anilines is 2. The topological polar surface area (TPSA) is 117 Å². The molecule has 0 aliphatic heterocycles.